The van der Waals surface area contributed by atoms with Crippen molar-refractivity contribution < 1.29 is 19.1 Å². The molecule has 5 heteroatoms. The van der Waals surface area contributed by atoms with Crippen LogP contribution in [0.5, 0.6) is 0 Å². The molecule has 4 nitrogen and oxygen atoms in total. The molecule has 1 aromatic heterocycles. The van der Waals surface area contributed by atoms with Gasteiger partial charge < -0.3 is 5.11 Å². The number of carboxylic acids is 1. The van der Waals surface area contributed by atoms with Gasteiger partial charge in [-0.1, -0.05) is 0 Å². The van der Waals surface area contributed by atoms with Crippen LogP contribution in [0.25, 0.3) is 0 Å². The largest absolute Gasteiger partial charge is 0.481 e. The first-order valence-electron chi connectivity index (χ1n) is 3.45. The van der Waals surface area contributed by atoms with Crippen molar-refractivity contribution in [2.45, 2.75) is 6.42 Å². The van der Waals surface area contributed by atoms with Crippen molar-refractivity contribution in [3.8, 4) is 0 Å². The quantitative estimate of drug-likeness (QED) is 0.552. The molecule has 0 spiro atoms. The summed E-state index contributed by atoms with van der Waals surface area (Å²) in [6.45, 7) is 0. The first-order valence-corrected chi connectivity index (χ1v) is 3.45. The summed E-state index contributed by atoms with van der Waals surface area (Å²) in [5, 5.41) is 8.37. The lowest BCUT2D eigenvalue weighted by Gasteiger charge is -1.97. The van der Waals surface area contributed by atoms with E-state index in [-0.39, 0.29) is 11.3 Å². The first kappa shape index (κ1) is 9.31. The van der Waals surface area contributed by atoms with Crippen LogP contribution in [-0.4, -0.2) is 22.3 Å². The summed E-state index contributed by atoms with van der Waals surface area (Å²) in [7, 11) is 0. The number of aromatic nitrogens is 1. The maximum absolute atomic E-state index is 12.6. The monoisotopic (exact) mass is 183 g/mol. The molecule has 0 aromatic carbocycles. The van der Waals surface area contributed by atoms with Crippen LogP contribution in [0, 0.1) is 5.95 Å². The van der Waals surface area contributed by atoms with E-state index in [4.69, 9.17) is 5.11 Å². The number of hydrogen-bond acceptors (Lipinski definition) is 3. The highest BCUT2D eigenvalue weighted by Gasteiger charge is 2.05. The minimum atomic E-state index is -1.12. The number of hydrogen-bond donors (Lipinski definition) is 1. The Bertz CT molecular complexity index is 351. The van der Waals surface area contributed by atoms with Crippen molar-refractivity contribution in [2.75, 3.05) is 0 Å². The molecule has 0 fully saturated rings. The Hall–Kier alpha value is -1.78. The van der Waals surface area contributed by atoms with Crippen LogP contribution in [0.15, 0.2) is 12.1 Å². The van der Waals surface area contributed by atoms with E-state index in [1.165, 1.54) is 6.07 Å². The van der Waals surface area contributed by atoms with Crippen LogP contribution in [0.3, 0.4) is 0 Å². The van der Waals surface area contributed by atoms with Crippen LogP contribution >= 0.6 is 0 Å². The molecule has 0 saturated carbocycles. The summed E-state index contributed by atoms with van der Waals surface area (Å²) in [5.74, 6) is -1.96. The molecule has 0 aliphatic rings. The predicted molar refractivity (Wildman–Crippen MR) is 40.9 cm³/mol. The Kier molecular flexibility index (Phi) is 2.69. The van der Waals surface area contributed by atoms with E-state index >= 15 is 0 Å². The van der Waals surface area contributed by atoms with Gasteiger partial charge in [-0.3, -0.25) is 9.59 Å². The average Bonchev–Trinajstić information content (AvgIpc) is 2.01. The van der Waals surface area contributed by atoms with Gasteiger partial charge in [0.1, 0.15) is 6.29 Å². The van der Waals surface area contributed by atoms with Crippen molar-refractivity contribution in [2.24, 2.45) is 0 Å². The Labute approximate surface area is 73.0 Å². The minimum absolute atomic E-state index is 0.0367. The zero-order valence-electron chi connectivity index (χ0n) is 6.53. The highest BCUT2D eigenvalue weighted by atomic mass is 19.1. The molecule has 0 amide bonds. The maximum atomic E-state index is 12.6. The summed E-state index contributed by atoms with van der Waals surface area (Å²) >= 11 is 0. The second kappa shape index (κ2) is 3.75. The standard InChI is InChI=1S/C8H6FNO3/c9-7-2-5(4-11)1-6(10-7)3-8(12)13/h1-2,4H,3H2,(H,12,13). The number of aldehydes is 1. The third-order valence-corrected chi connectivity index (χ3v) is 1.34. The van der Waals surface area contributed by atoms with Crippen LogP contribution in [0.2, 0.25) is 0 Å². The molecule has 1 rings (SSSR count). The maximum Gasteiger partial charge on any atom is 0.309 e. The zero-order chi connectivity index (χ0) is 9.84. The lowest BCUT2D eigenvalue weighted by atomic mass is 10.2. The van der Waals surface area contributed by atoms with Crippen LogP contribution in [0.1, 0.15) is 16.1 Å². The molecule has 0 radical (unpaired) electrons. The van der Waals surface area contributed by atoms with Gasteiger partial charge in [-0.15, -0.1) is 0 Å². The molecule has 68 valence electrons. The van der Waals surface area contributed by atoms with E-state index in [1.54, 1.807) is 0 Å². The summed E-state index contributed by atoms with van der Waals surface area (Å²) in [6, 6.07) is 2.18. The van der Waals surface area contributed by atoms with Gasteiger partial charge in [0.2, 0.25) is 5.95 Å². The van der Waals surface area contributed by atoms with E-state index in [1.807, 2.05) is 0 Å². The van der Waals surface area contributed by atoms with Crippen molar-refractivity contribution >= 4 is 12.3 Å². The zero-order valence-corrected chi connectivity index (χ0v) is 6.53. The molecule has 13 heavy (non-hydrogen) atoms. The summed E-state index contributed by atoms with van der Waals surface area (Å²) in [5.41, 5.74) is 0.123. The van der Waals surface area contributed by atoms with E-state index < -0.39 is 18.3 Å². The molecule has 1 heterocycles. The van der Waals surface area contributed by atoms with Crippen LogP contribution < -0.4 is 0 Å². The van der Waals surface area contributed by atoms with Gasteiger partial charge in [-0.25, -0.2) is 4.98 Å². The summed E-state index contributed by atoms with van der Waals surface area (Å²) in [4.78, 5) is 23.8. The van der Waals surface area contributed by atoms with Gasteiger partial charge in [0.05, 0.1) is 12.1 Å². The van der Waals surface area contributed by atoms with Gasteiger partial charge in [0, 0.05) is 11.6 Å². The molecule has 0 saturated heterocycles. The fraction of sp³-hybridized carbons (Fsp3) is 0.125. The Morgan fingerprint density at radius 3 is 2.85 bits per heavy atom. The molecule has 0 bridgehead atoms. The number of nitrogens with zero attached hydrogens (tertiary/aromatic N) is 1. The predicted octanol–water partition coefficient (Wildman–Crippen LogP) is 0.660. The fourth-order valence-electron chi connectivity index (χ4n) is 0.887. The van der Waals surface area contributed by atoms with Gasteiger partial charge in [0.15, 0.2) is 0 Å². The number of pyridine rings is 1. The number of aliphatic carboxylic acids is 1. The number of carbonyl (C=O) groups excluding carboxylic acids is 1. The minimum Gasteiger partial charge on any atom is -0.481 e. The number of rotatable bonds is 3. The first-order chi connectivity index (χ1) is 6.11. The van der Waals surface area contributed by atoms with Crippen LogP contribution in [0.4, 0.5) is 4.39 Å². The van der Waals surface area contributed by atoms with E-state index in [0.29, 0.717) is 6.29 Å². The molecule has 0 aliphatic carbocycles. The SMILES string of the molecule is O=Cc1cc(F)nc(CC(=O)O)c1. The Balaban J connectivity index is 3.01. The summed E-state index contributed by atoms with van der Waals surface area (Å²) < 4.78 is 12.6. The van der Waals surface area contributed by atoms with Gasteiger partial charge in [-0.05, 0) is 6.07 Å². The third kappa shape index (κ3) is 2.62. The van der Waals surface area contributed by atoms with E-state index in [0.717, 1.165) is 6.07 Å². The molecule has 0 atom stereocenters. The van der Waals surface area contributed by atoms with E-state index in [2.05, 4.69) is 4.98 Å². The topological polar surface area (TPSA) is 67.3 Å². The molecule has 1 aromatic rings. The number of carboxylic acid groups (broad SMARTS) is 1. The Morgan fingerprint density at radius 2 is 2.31 bits per heavy atom. The normalized spacial score (nSPS) is 9.62. The Morgan fingerprint density at radius 1 is 1.62 bits per heavy atom. The number of halogens is 1. The van der Waals surface area contributed by atoms with Gasteiger partial charge in [-0.2, -0.15) is 4.39 Å². The lowest BCUT2D eigenvalue weighted by molar-refractivity contribution is -0.136. The average molecular weight is 183 g/mol. The molecular weight excluding hydrogens is 177 g/mol. The molecular formula is C8H6FNO3. The van der Waals surface area contributed by atoms with Crippen LogP contribution in [-0.2, 0) is 11.2 Å². The van der Waals surface area contributed by atoms with E-state index in [9.17, 15) is 14.0 Å². The number of carbonyl (C=O) groups is 2. The summed E-state index contributed by atoms with van der Waals surface area (Å²) in [6.07, 6.45) is 0.0503. The van der Waals surface area contributed by atoms with Crippen molar-refractivity contribution in [1.82, 2.24) is 4.98 Å². The van der Waals surface area contributed by atoms with Gasteiger partial charge >= 0.3 is 5.97 Å². The van der Waals surface area contributed by atoms with Gasteiger partial charge in [0.25, 0.3) is 0 Å². The van der Waals surface area contributed by atoms with Crippen molar-refractivity contribution in [3.05, 3.63) is 29.3 Å². The second-order valence-electron chi connectivity index (χ2n) is 2.40. The highest BCUT2D eigenvalue weighted by molar-refractivity contribution is 5.76. The molecule has 0 unspecified atom stereocenters. The molecule has 0 aliphatic heterocycles. The molecule has 1 N–H and O–H groups in total. The highest BCUT2D eigenvalue weighted by Crippen LogP contribution is 2.03. The second-order valence-corrected chi connectivity index (χ2v) is 2.40. The lowest BCUT2D eigenvalue weighted by Crippen LogP contribution is -2.04. The third-order valence-electron chi connectivity index (χ3n) is 1.34. The van der Waals surface area contributed by atoms with Crippen molar-refractivity contribution in [3.63, 3.8) is 0 Å². The smallest absolute Gasteiger partial charge is 0.309 e. The van der Waals surface area contributed by atoms with Crippen molar-refractivity contribution in [1.29, 1.82) is 0 Å². The fourth-order valence-corrected chi connectivity index (χ4v) is 0.887.